The summed E-state index contributed by atoms with van der Waals surface area (Å²) in [4.78, 5) is 17.4. The Morgan fingerprint density at radius 2 is 2.08 bits per heavy atom. The summed E-state index contributed by atoms with van der Waals surface area (Å²) in [6.07, 6.45) is 1.62. The number of aryl methyl sites for hydroxylation is 1. The number of nitrogens with one attached hydrogen (secondary N) is 2. The monoisotopic (exact) mass is 373 g/mol. The van der Waals surface area contributed by atoms with Crippen molar-refractivity contribution in [3.05, 3.63) is 51.0 Å². The van der Waals surface area contributed by atoms with Gasteiger partial charge in [0.1, 0.15) is 5.75 Å². The van der Waals surface area contributed by atoms with Crippen LogP contribution in [-0.4, -0.2) is 27.4 Å². The lowest BCUT2D eigenvalue weighted by Gasteiger charge is -2.12. The number of fused-ring (bicyclic) bond motifs is 3. The highest BCUT2D eigenvalue weighted by molar-refractivity contribution is 6.32. The van der Waals surface area contributed by atoms with E-state index in [1.54, 1.807) is 19.2 Å². The van der Waals surface area contributed by atoms with Crippen molar-refractivity contribution >= 4 is 33.4 Å². The van der Waals surface area contributed by atoms with Crippen LogP contribution in [0.3, 0.4) is 0 Å². The first kappa shape index (κ1) is 16.4. The van der Waals surface area contributed by atoms with Crippen LogP contribution in [0.4, 0.5) is 4.39 Å². The van der Waals surface area contributed by atoms with Gasteiger partial charge in [-0.05, 0) is 30.7 Å². The first-order valence-electron chi connectivity index (χ1n) is 7.68. The van der Waals surface area contributed by atoms with Crippen LogP contribution in [0, 0.1) is 12.7 Å². The minimum atomic E-state index is -0.701. The molecular weight excluding hydrogens is 361 g/mol. The zero-order valence-corrected chi connectivity index (χ0v) is 14.5. The first-order chi connectivity index (χ1) is 12.4. The molecule has 0 bridgehead atoms. The number of hydrogen-bond acceptors (Lipinski definition) is 4. The number of phenolic OH excluding ortho intramolecular Hbond substituents is 1. The summed E-state index contributed by atoms with van der Waals surface area (Å²) < 4.78 is 19.7. The number of ether oxygens (including phenoxy) is 1. The van der Waals surface area contributed by atoms with E-state index in [4.69, 9.17) is 16.3 Å². The number of aromatic amines is 2. The Labute approximate surface area is 151 Å². The molecule has 6 nitrogen and oxygen atoms in total. The second kappa shape index (κ2) is 5.74. The van der Waals surface area contributed by atoms with Gasteiger partial charge in [0.25, 0.3) is 0 Å². The lowest BCUT2D eigenvalue weighted by molar-refractivity contribution is 0.382. The molecule has 132 valence electrons. The molecule has 0 fully saturated rings. The standard InChI is InChI=1S/C18H13ClFN3O3/c1-7-12-9-6-21-23-18(9)22-15(8-3-4-11(24)10(19)5-8)13(12)16(25)17(26-2)14(7)20/h3-6,24H,1-2H3,(H2,21,22,23). The number of benzene rings is 2. The lowest BCUT2D eigenvalue weighted by atomic mass is 9.97. The van der Waals surface area contributed by atoms with E-state index >= 15 is 0 Å². The molecule has 0 aliphatic carbocycles. The van der Waals surface area contributed by atoms with Crippen molar-refractivity contribution in [2.24, 2.45) is 0 Å². The molecule has 3 N–H and O–H groups in total. The van der Waals surface area contributed by atoms with Crippen molar-refractivity contribution in [3.8, 4) is 22.8 Å². The fraction of sp³-hybridized carbons (Fsp3) is 0.111. The highest BCUT2D eigenvalue weighted by Crippen LogP contribution is 2.36. The zero-order chi connectivity index (χ0) is 18.6. The van der Waals surface area contributed by atoms with E-state index in [2.05, 4.69) is 15.2 Å². The van der Waals surface area contributed by atoms with Gasteiger partial charge in [-0.2, -0.15) is 0 Å². The Morgan fingerprint density at radius 3 is 2.77 bits per heavy atom. The van der Waals surface area contributed by atoms with Gasteiger partial charge < -0.3 is 14.9 Å². The lowest BCUT2D eigenvalue weighted by Crippen LogP contribution is -2.12. The molecule has 0 unspecified atom stereocenters. The number of halogens is 2. The van der Waals surface area contributed by atoms with Crippen molar-refractivity contribution in [2.75, 3.05) is 7.11 Å². The first-order valence-corrected chi connectivity index (χ1v) is 8.06. The van der Waals surface area contributed by atoms with Crippen LogP contribution in [0.15, 0.2) is 29.2 Å². The van der Waals surface area contributed by atoms with E-state index in [1.807, 2.05) is 0 Å². The zero-order valence-electron chi connectivity index (χ0n) is 13.8. The molecule has 8 heteroatoms. The maximum atomic E-state index is 14.7. The van der Waals surface area contributed by atoms with Crippen molar-refractivity contribution < 1.29 is 14.2 Å². The van der Waals surface area contributed by atoms with Gasteiger partial charge >= 0.3 is 0 Å². The SMILES string of the molecule is COc1c(F)c(C)c2c(c(-c3ccc(O)c(Cl)c3)nc3[nH][nH]cc32)c1=O. The van der Waals surface area contributed by atoms with Crippen molar-refractivity contribution in [1.82, 2.24) is 15.2 Å². The second-order valence-electron chi connectivity index (χ2n) is 5.85. The average molecular weight is 374 g/mol. The van der Waals surface area contributed by atoms with Crippen LogP contribution >= 0.6 is 11.6 Å². The van der Waals surface area contributed by atoms with Crippen LogP contribution in [0.5, 0.6) is 11.5 Å². The largest absolute Gasteiger partial charge is 0.506 e. The third kappa shape index (κ3) is 2.17. The molecule has 0 aliphatic rings. The number of nitrogens with zero attached hydrogens (tertiary/aromatic N) is 1. The van der Waals surface area contributed by atoms with E-state index in [-0.39, 0.29) is 27.5 Å². The van der Waals surface area contributed by atoms with Gasteiger partial charge in [-0.25, -0.2) is 9.37 Å². The molecule has 2 heterocycles. The Morgan fingerprint density at radius 1 is 1.31 bits per heavy atom. The minimum absolute atomic E-state index is 0.0869. The molecule has 0 aliphatic heterocycles. The summed E-state index contributed by atoms with van der Waals surface area (Å²) >= 11 is 6.01. The second-order valence-corrected chi connectivity index (χ2v) is 6.26. The molecule has 0 saturated carbocycles. The number of phenols is 1. The van der Waals surface area contributed by atoms with Crippen LogP contribution in [0.2, 0.25) is 5.02 Å². The van der Waals surface area contributed by atoms with Crippen LogP contribution in [0.25, 0.3) is 33.1 Å². The number of methoxy groups -OCH3 is 1. The van der Waals surface area contributed by atoms with E-state index in [9.17, 15) is 14.3 Å². The summed E-state index contributed by atoms with van der Waals surface area (Å²) in [7, 11) is 1.25. The summed E-state index contributed by atoms with van der Waals surface area (Å²) in [6, 6.07) is 4.50. The van der Waals surface area contributed by atoms with Crippen LogP contribution in [-0.2, 0) is 0 Å². The summed E-state index contributed by atoms with van der Waals surface area (Å²) in [5, 5.41) is 16.7. The van der Waals surface area contributed by atoms with Gasteiger partial charge in [-0.15, -0.1) is 0 Å². The highest BCUT2D eigenvalue weighted by Gasteiger charge is 2.23. The minimum Gasteiger partial charge on any atom is -0.506 e. The van der Waals surface area contributed by atoms with E-state index in [0.717, 1.165) is 0 Å². The molecule has 2 aromatic carbocycles. The smallest absolute Gasteiger partial charge is 0.233 e. The molecule has 0 amide bonds. The summed E-state index contributed by atoms with van der Waals surface area (Å²) in [5.41, 5.74) is 0.975. The predicted molar refractivity (Wildman–Crippen MR) is 97.6 cm³/mol. The van der Waals surface area contributed by atoms with Gasteiger partial charge in [0.2, 0.25) is 11.2 Å². The molecule has 0 radical (unpaired) electrons. The predicted octanol–water partition coefficient (Wildman–Crippen LogP) is 3.89. The Bertz CT molecular complexity index is 1250. The summed E-state index contributed by atoms with van der Waals surface area (Å²) in [6.45, 7) is 1.58. The van der Waals surface area contributed by atoms with Crippen LogP contribution < -0.4 is 10.2 Å². The van der Waals surface area contributed by atoms with Crippen molar-refractivity contribution in [2.45, 2.75) is 6.92 Å². The van der Waals surface area contributed by atoms with Gasteiger partial charge in [0.05, 0.1) is 23.2 Å². The highest BCUT2D eigenvalue weighted by atomic mass is 35.5. The van der Waals surface area contributed by atoms with Crippen LogP contribution in [0.1, 0.15) is 5.56 Å². The normalized spacial score (nSPS) is 11.4. The van der Waals surface area contributed by atoms with E-state index in [1.165, 1.54) is 19.2 Å². The fourth-order valence-corrected chi connectivity index (χ4v) is 3.34. The third-order valence-corrected chi connectivity index (χ3v) is 4.71. The van der Waals surface area contributed by atoms with Crippen molar-refractivity contribution in [3.63, 3.8) is 0 Å². The molecule has 26 heavy (non-hydrogen) atoms. The van der Waals surface area contributed by atoms with Gasteiger partial charge in [-0.1, -0.05) is 11.6 Å². The number of pyridine rings is 1. The number of hydrogen-bond donors (Lipinski definition) is 3. The number of H-pyrrole nitrogens is 2. The molecule has 0 atom stereocenters. The quantitative estimate of drug-likeness (QED) is 0.497. The van der Waals surface area contributed by atoms with Gasteiger partial charge in [0, 0.05) is 22.5 Å². The Kier molecular flexibility index (Phi) is 3.62. The molecular formula is C18H13ClFN3O3. The average Bonchev–Trinajstić information content (AvgIpc) is 3.09. The molecule has 2 aromatic heterocycles. The fourth-order valence-electron chi connectivity index (χ4n) is 3.16. The third-order valence-electron chi connectivity index (χ3n) is 4.40. The van der Waals surface area contributed by atoms with Crippen molar-refractivity contribution in [1.29, 1.82) is 0 Å². The Balaban J connectivity index is 2.27. The number of rotatable bonds is 2. The number of aromatic nitrogens is 3. The molecule has 4 rings (SSSR count). The molecule has 4 aromatic rings. The number of aromatic hydroxyl groups is 1. The summed E-state index contributed by atoms with van der Waals surface area (Å²) in [5.74, 6) is -1.15. The Hall–Kier alpha value is -3.06. The van der Waals surface area contributed by atoms with Gasteiger partial charge in [-0.3, -0.25) is 9.89 Å². The molecule has 0 saturated heterocycles. The topological polar surface area (TPSA) is 91.0 Å². The van der Waals surface area contributed by atoms with E-state index < -0.39 is 11.2 Å². The van der Waals surface area contributed by atoms with Gasteiger partial charge in [0.15, 0.2) is 11.5 Å². The van der Waals surface area contributed by atoms with E-state index in [0.29, 0.717) is 27.7 Å². The maximum Gasteiger partial charge on any atom is 0.233 e. The molecule has 0 spiro atoms. The maximum absolute atomic E-state index is 14.7.